The van der Waals surface area contributed by atoms with Crippen molar-refractivity contribution >= 4 is 0 Å². The molecule has 0 aliphatic carbocycles. The number of benzene rings is 1. The van der Waals surface area contributed by atoms with Crippen LogP contribution in [-0.2, 0) is 6.42 Å². The van der Waals surface area contributed by atoms with Gasteiger partial charge in [0, 0.05) is 12.0 Å². The van der Waals surface area contributed by atoms with Crippen molar-refractivity contribution in [3.05, 3.63) is 41.8 Å². The van der Waals surface area contributed by atoms with Crippen LogP contribution in [0.15, 0.2) is 35.0 Å². The average molecular weight is 202 g/mol. The highest BCUT2D eigenvalue weighted by molar-refractivity contribution is 5.67. The molecule has 1 aromatic heterocycles. The predicted molar refractivity (Wildman–Crippen MR) is 59.4 cm³/mol. The standard InChI is InChI=1S/C12H14N2O/c1-9-4-2-3-5-10(9)11-8-14-15-12(11)6-7-13/h2-5,8H,6-7,13H2,1H3. The highest BCUT2D eigenvalue weighted by atomic mass is 16.5. The Bertz CT molecular complexity index is 448. The van der Waals surface area contributed by atoms with Gasteiger partial charge in [-0.3, -0.25) is 0 Å². The van der Waals surface area contributed by atoms with Gasteiger partial charge in [0.2, 0.25) is 0 Å². The first-order valence-electron chi connectivity index (χ1n) is 5.02. The lowest BCUT2D eigenvalue weighted by Crippen LogP contribution is -2.02. The Morgan fingerprint density at radius 2 is 2.07 bits per heavy atom. The van der Waals surface area contributed by atoms with E-state index in [0.29, 0.717) is 6.54 Å². The summed E-state index contributed by atoms with van der Waals surface area (Å²) in [5.74, 6) is 0.867. The Balaban J connectivity index is 2.45. The number of nitrogens with zero attached hydrogens (tertiary/aromatic N) is 1. The molecule has 0 radical (unpaired) electrons. The van der Waals surface area contributed by atoms with Gasteiger partial charge >= 0.3 is 0 Å². The number of aryl methyl sites for hydroxylation is 1. The number of rotatable bonds is 3. The minimum atomic E-state index is 0.577. The van der Waals surface area contributed by atoms with Gasteiger partial charge in [-0.2, -0.15) is 0 Å². The fourth-order valence-corrected chi connectivity index (χ4v) is 1.67. The van der Waals surface area contributed by atoms with E-state index in [-0.39, 0.29) is 0 Å². The van der Waals surface area contributed by atoms with Gasteiger partial charge in [-0.15, -0.1) is 0 Å². The highest BCUT2D eigenvalue weighted by Crippen LogP contribution is 2.26. The largest absolute Gasteiger partial charge is 0.361 e. The molecule has 3 heteroatoms. The summed E-state index contributed by atoms with van der Waals surface area (Å²) >= 11 is 0. The third-order valence-corrected chi connectivity index (χ3v) is 2.45. The van der Waals surface area contributed by atoms with Crippen molar-refractivity contribution in [2.75, 3.05) is 6.54 Å². The molecule has 0 spiro atoms. The summed E-state index contributed by atoms with van der Waals surface area (Å²) in [5, 5.41) is 3.83. The van der Waals surface area contributed by atoms with Gasteiger partial charge in [0.05, 0.1) is 6.20 Å². The van der Waals surface area contributed by atoms with Crippen LogP contribution in [0.4, 0.5) is 0 Å². The number of hydrogen-bond donors (Lipinski definition) is 1. The van der Waals surface area contributed by atoms with E-state index in [1.165, 1.54) is 11.1 Å². The molecular formula is C12H14N2O. The average Bonchev–Trinajstić information content (AvgIpc) is 2.67. The summed E-state index contributed by atoms with van der Waals surface area (Å²) in [5.41, 5.74) is 8.96. The van der Waals surface area contributed by atoms with Crippen LogP contribution in [0.2, 0.25) is 0 Å². The van der Waals surface area contributed by atoms with Crippen molar-refractivity contribution in [3.8, 4) is 11.1 Å². The second-order valence-corrected chi connectivity index (χ2v) is 3.52. The minimum absolute atomic E-state index is 0.577. The van der Waals surface area contributed by atoms with Gasteiger partial charge in [-0.05, 0) is 24.6 Å². The number of aromatic nitrogens is 1. The fourth-order valence-electron chi connectivity index (χ4n) is 1.67. The van der Waals surface area contributed by atoms with E-state index in [4.69, 9.17) is 10.3 Å². The monoisotopic (exact) mass is 202 g/mol. The van der Waals surface area contributed by atoms with E-state index < -0.39 is 0 Å². The molecular weight excluding hydrogens is 188 g/mol. The van der Waals surface area contributed by atoms with Crippen molar-refractivity contribution in [1.82, 2.24) is 5.16 Å². The Morgan fingerprint density at radius 3 is 2.80 bits per heavy atom. The molecule has 1 heterocycles. The van der Waals surface area contributed by atoms with Crippen molar-refractivity contribution in [3.63, 3.8) is 0 Å². The molecule has 0 fully saturated rings. The molecule has 2 N–H and O–H groups in total. The molecule has 0 amide bonds. The number of nitrogens with two attached hydrogens (primary N) is 1. The normalized spacial score (nSPS) is 10.5. The van der Waals surface area contributed by atoms with Crippen molar-refractivity contribution < 1.29 is 4.52 Å². The van der Waals surface area contributed by atoms with E-state index in [9.17, 15) is 0 Å². The lowest BCUT2D eigenvalue weighted by atomic mass is 10.0. The molecule has 0 atom stereocenters. The molecule has 3 nitrogen and oxygen atoms in total. The quantitative estimate of drug-likeness (QED) is 0.829. The zero-order chi connectivity index (χ0) is 10.7. The van der Waals surface area contributed by atoms with Crippen LogP contribution in [0.5, 0.6) is 0 Å². The van der Waals surface area contributed by atoms with Crippen LogP contribution in [0, 0.1) is 6.92 Å². The first kappa shape index (κ1) is 9.93. The topological polar surface area (TPSA) is 52.0 Å². The van der Waals surface area contributed by atoms with E-state index in [2.05, 4.69) is 24.2 Å². The first-order valence-corrected chi connectivity index (χ1v) is 5.02. The lowest BCUT2D eigenvalue weighted by Gasteiger charge is -2.03. The fraction of sp³-hybridized carbons (Fsp3) is 0.250. The summed E-state index contributed by atoms with van der Waals surface area (Å²) in [4.78, 5) is 0. The van der Waals surface area contributed by atoms with Crippen LogP contribution >= 0.6 is 0 Å². The molecule has 0 unspecified atom stereocenters. The molecule has 2 rings (SSSR count). The summed E-state index contributed by atoms with van der Waals surface area (Å²) in [6, 6.07) is 8.19. The zero-order valence-electron chi connectivity index (χ0n) is 8.73. The van der Waals surface area contributed by atoms with Crippen LogP contribution < -0.4 is 5.73 Å². The molecule has 0 aliphatic heterocycles. The summed E-state index contributed by atoms with van der Waals surface area (Å²) in [7, 11) is 0. The molecule has 0 saturated heterocycles. The van der Waals surface area contributed by atoms with Gasteiger partial charge < -0.3 is 10.3 Å². The predicted octanol–water partition coefficient (Wildman–Crippen LogP) is 2.15. The highest BCUT2D eigenvalue weighted by Gasteiger charge is 2.10. The van der Waals surface area contributed by atoms with Crippen LogP contribution in [0.25, 0.3) is 11.1 Å². The zero-order valence-corrected chi connectivity index (χ0v) is 8.73. The smallest absolute Gasteiger partial charge is 0.145 e. The van der Waals surface area contributed by atoms with Crippen molar-refractivity contribution in [2.45, 2.75) is 13.3 Å². The SMILES string of the molecule is Cc1ccccc1-c1cnoc1CCN. The maximum Gasteiger partial charge on any atom is 0.145 e. The molecule has 0 aliphatic rings. The van der Waals surface area contributed by atoms with Crippen LogP contribution in [0.3, 0.4) is 0 Å². The van der Waals surface area contributed by atoms with Crippen LogP contribution in [-0.4, -0.2) is 11.7 Å². The summed E-state index contributed by atoms with van der Waals surface area (Å²) < 4.78 is 5.18. The molecule has 2 aromatic rings. The second kappa shape index (κ2) is 4.28. The Kier molecular flexibility index (Phi) is 2.83. The molecule has 15 heavy (non-hydrogen) atoms. The Labute approximate surface area is 88.9 Å². The molecule has 0 bridgehead atoms. The van der Waals surface area contributed by atoms with Gasteiger partial charge in [0.1, 0.15) is 5.76 Å². The Hall–Kier alpha value is -1.61. The number of hydrogen-bond acceptors (Lipinski definition) is 3. The molecule has 1 aromatic carbocycles. The maximum absolute atomic E-state index is 5.52. The Morgan fingerprint density at radius 1 is 1.27 bits per heavy atom. The molecule has 78 valence electrons. The van der Waals surface area contributed by atoms with E-state index in [0.717, 1.165) is 17.7 Å². The minimum Gasteiger partial charge on any atom is -0.361 e. The first-order chi connectivity index (χ1) is 7.33. The van der Waals surface area contributed by atoms with Gasteiger partial charge in [-0.1, -0.05) is 29.4 Å². The van der Waals surface area contributed by atoms with E-state index in [1.54, 1.807) is 6.20 Å². The lowest BCUT2D eigenvalue weighted by molar-refractivity contribution is 0.385. The third-order valence-electron chi connectivity index (χ3n) is 2.45. The summed E-state index contributed by atoms with van der Waals surface area (Å²) in [6.07, 6.45) is 2.48. The summed E-state index contributed by atoms with van der Waals surface area (Å²) in [6.45, 7) is 2.66. The van der Waals surface area contributed by atoms with E-state index >= 15 is 0 Å². The van der Waals surface area contributed by atoms with Crippen LogP contribution in [0.1, 0.15) is 11.3 Å². The van der Waals surface area contributed by atoms with Gasteiger partial charge in [-0.25, -0.2) is 0 Å². The maximum atomic E-state index is 5.52. The second-order valence-electron chi connectivity index (χ2n) is 3.52. The van der Waals surface area contributed by atoms with Crippen molar-refractivity contribution in [2.24, 2.45) is 5.73 Å². The van der Waals surface area contributed by atoms with Gasteiger partial charge in [0.25, 0.3) is 0 Å². The van der Waals surface area contributed by atoms with E-state index in [1.807, 2.05) is 12.1 Å². The third kappa shape index (κ3) is 1.92. The van der Waals surface area contributed by atoms with Crippen molar-refractivity contribution in [1.29, 1.82) is 0 Å². The molecule has 0 saturated carbocycles. The van der Waals surface area contributed by atoms with Gasteiger partial charge in [0.15, 0.2) is 0 Å².